The average molecular weight is 271 g/mol. The van der Waals surface area contributed by atoms with Gasteiger partial charge in [0.05, 0.1) is 12.3 Å². The monoisotopic (exact) mass is 271 g/mol. The second-order valence-corrected chi connectivity index (χ2v) is 4.91. The predicted molar refractivity (Wildman–Crippen MR) is 75.6 cm³/mol. The van der Waals surface area contributed by atoms with Gasteiger partial charge in [-0.1, -0.05) is 12.1 Å². The van der Waals surface area contributed by atoms with Gasteiger partial charge < -0.3 is 15.2 Å². The Hall–Kier alpha value is -2.14. The topological polar surface area (TPSA) is 67.3 Å². The van der Waals surface area contributed by atoms with E-state index in [-0.39, 0.29) is 5.75 Å². The number of rotatable bonds is 4. The van der Waals surface area contributed by atoms with Crippen LogP contribution in [0.4, 0.5) is 5.82 Å². The predicted octanol–water partition coefficient (Wildman–Crippen LogP) is 2.30. The van der Waals surface area contributed by atoms with Crippen molar-refractivity contribution in [1.29, 1.82) is 0 Å². The largest absolute Gasteiger partial charge is 0.508 e. The zero-order valence-corrected chi connectivity index (χ0v) is 11.1. The number of phenolic OH excluding ortho intramolecular Hbond substituents is 1. The highest BCUT2D eigenvalue weighted by atomic mass is 16.5. The van der Waals surface area contributed by atoms with Crippen LogP contribution in [-0.2, 0) is 11.3 Å². The number of phenols is 1. The van der Waals surface area contributed by atoms with Gasteiger partial charge >= 0.3 is 0 Å². The van der Waals surface area contributed by atoms with Crippen molar-refractivity contribution in [3.05, 3.63) is 47.9 Å². The minimum atomic E-state index is 0.277. The minimum absolute atomic E-state index is 0.277. The molecule has 1 aromatic carbocycles. The molecule has 104 valence electrons. The zero-order valence-electron chi connectivity index (χ0n) is 11.1. The maximum Gasteiger partial charge on any atom is 0.129 e. The van der Waals surface area contributed by atoms with Crippen molar-refractivity contribution in [3.8, 4) is 5.75 Å². The summed E-state index contributed by atoms with van der Waals surface area (Å²) in [5.41, 5.74) is 2.12. The van der Waals surface area contributed by atoms with Crippen LogP contribution in [0.15, 0.2) is 36.7 Å². The lowest BCUT2D eigenvalue weighted by Gasteiger charge is -2.10. The third-order valence-electron chi connectivity index (χ3n) is 3.45. The standard InChI is InChI=1S/C15H17N3O2/c19-13-3-1-11(2-4-13)8-16-15-7-14(17-10-18-15)12-5-6-20-9-12/h1-4,7,10,12,19H,5-6,8-9H2,(H,16,17,18). The molecule has 0 saturated carbocycles. The van der Waals surface area contributed by atoms with E-state index in [1.807, 2.05) is 18.2 Å². The van der Waals surface area contributed by atoms with E-state index in [1.54, 1.807) is 18.5 Å². The van der Waals surface area contributed by atoms with Crippen LogP contribution in [0.5, 0.6) is 5.75 Å². The van der Waals surface area contributed by atoms with Gasteiger partial charge in [0.1, 0.15) is 17.9 Å². The lowest BCUT2D eigenvalue weighted by Crippen LogP contribution is -2.05. The number of nitrogens with one attached hydrogen (secondary N) is 1. The van der Waals surface area contributed by atoms with E-state index in [4.69, 9.17) is 4.74 Å². The van der Waals surface area contributed by atoms with Gasteiger partial charge in [0.2, 0.25) is 0 Å². The average Bonchev–Trinajstić information content (AvgIpc) is 3.01. The van der Waals surface area contributed by atoms with Crippen molar-refractivity contribution in [3.63, 3.8) is 0 Å². The van der Waals surface area contributed by atoms with Gasteiger partial charge in [-0.2, -0.15) is 0 Å². The fraction of sp³-hybridized carbons (Fsp3) is 0.333. The van der Waals surface area contributed by atoms with Gasteiger partial charge in [-0.15, -0.1) is 0 Å². The van der Waals surface area contributed by atoms with Crippen LogP contribution in [-0.4, -0.2) is 28.3 Å². The van der Waals surface area contributed by atoms with Crippen molar-refractivity contribution < 1.29 is 9.84 Å². The lowest BCUT2D eigenvalue weighted by molar-refractivity contribution is 0.193. The van der Waals surface area contributed by atoms with Crippen molar-refractivity contribution >= 4 is 5.82 Å². The van der Waals surface area contributed by atoms with Crippen LogP contribution in [0.3, 0.4) is 0 Å². The Bertz CT molecular complexity index is 566. The maximum absolute atomic E-state index is 9.25. The van der Waals surface area contributed by atoms with Gasteiger partial charge in [0.15, 0.2) is 0 Å². The summed E-state index contributed by atoms with van der Waals surface area (Å²) in [7, 11) is 0. The number of aromatic hydroxyl groups is 1. The number of anilines is 1. The Kier molecular flexibility index (Phi) is 3.78. The van der Waals surface area contributed by atoms with Gasteiger partial charge in [0.25, 0.3) is 0 Å². The highest BCUT2D eigenvalue weighted by Gasteiger charge is 2.19. The van der Waals surface area contributed by atoms with Crippen molar-refractivity contribution in [1.82, 2.24) is 9.97 Å². The summed E-state index contributed by atoms with van der Waals surface area (Å²) in [6, 6.07) is 9.11. The number of benzene rings is 1. The van der Waals surface area contributed by atoms with Gasteiger partial charge in [-0.25, -0.2) is 9.97 Å². The third kappa shape index (κ3) is 3.05. The van der Waals surface area contributed by atoms with Crippen LogP contribution in [0.25, 0.3) is 0 Å². The van der Waals surface area contributed by atoms with Crippen LogP contribution < -0.4 is 5.32 Å². The number of ether oxygens (including phenoxy) is 1. The maximum atomic E-state index is 9.25. The van der Waals surface area contributed by atoms with E-state index in [0.29, 0.717) is 12.5 Å². The Morgan fingerprint density at radius 3 is 2.85 bits per heavy atom. The summed E-state index contributed by atoms with van der Waals surface area (Å²) in [4.78, 5) is 8.55. The molecule has 1 atom stereocenters. The molecule has 2 N–H and O–H groups in total. The molecular weight excluding hydrogens is 254 g/mol. The van der Waals surface area contributed by atoms with Crippen molar-refractivity contribution in [2.24, 2.45) is 0 Å². The van der Waals surface area contributed by atoms with Crippen LogP contribution in [0, 0.1) is 0 Å². The number of nitrogens with zero attached hydrogens (tertiary/aromatic N) is 2. The summed E-state index contributed by atoms with van der Waals surface area (Å²) >= 11 is 0. The number of hydrogen-bond acceptors (Lipinski definition) is 5. The Balaban J connectivity index is 1.65. The van der Waals surface area contributed by atoms with E-state index >= 15 is 0 Å². The summed E-state index contributed by atoms with van der Waals surface area (Å²) in [5, 5.41) is 12.5. The lowest BCUT2D eigenvalue weighted by atomic mass is 10.1. The minimum Gasteiger partial charge on any atom is -0.508 e. The molecule has 5 heteroatoms. The van der Waals surface area contributed by atoms with Crippen LogP contribution in [0.1, 0.15) is 23.6 Å². The molecule has 1 unspecified atom stereocenters. The molecule has 20 heavy (non-hydrogen) atoms. The summed E-state index contributed by atoms with van der Waals surface area (Å²) in [6.45, 7) is 2.22. The molecule has 2 aromatic rings. The summed E-state index contributed by atoms with van der Waals surface area (Å²) in [5.74, 6) is 1.47. The Morgan fingerprint density at radius 1 is 1.25 bits per heavy atom. The van der Waals surface area contributed by atoms with Crippen LogP contribution in [0.2, 0.25) is 0 Å². The van der Waals surface area contributed by atoms with Gasteiger partial charge in [0, 0.05) is 25.1 Å². The molecule has 0 spiro atoms. The molecule has 1 fully saturated rings. The van der Waals surface area contributed by atoms with E-state index in [2.05, 4.69) is 15.3 Å². The van der Waals surface area contributed by atoms with Gasteiger partial charge in [-0.05, 0) is 24.1 Å². The summed E-state index contributed by atoms with van der Waals surface area (Å²) < 4.78 is 5.39. The third-order valence-corrected chi connectivity index (χ3v) is 3.45. The first-order chi connectivity index (χ1) is 9.81. The molecule has 5 nitrogen and oxygen atoms in total. The second-order valence-electron chi connectivity index (χ2n) is 4.91. The molecule has 1 aliphatic heterocycles. The fourth-order valence-electron chi connectivity index (χ4n) is 2.27. The normalized spacial score (nSPS) is 18.1. The molecule has 3 rings (SSSR count). The molecular formula is C15H17N3O2. The zero-order chi connectivity index (χ0) is 13.8. The first kappa shape index (κ1) is 12.9. The molecule has 0 amide bonds. The van der Waals surface area contributed by atoms with Gasteiger partial charge in [-0.3, -0.25) is 0 Å². The highest BCUT2D eigenvalue weighted by molar-refractivity contribution is 5.38. The van der Waals surface area contributed by atoms with Crippen LogP contribution >= 0.6 is 0 Å². The number of hydrogen-bond donors (Lipinski definition) is 2. The first-order valence-corrected chi connectivity index (χ1v) is 6.73. The van der Waals surface area contributed by atoms with E-state index in [1.165, 1.54) is 0 Å². The van der Waals surface area contributed by atoms with Crippen molar-refractivity contribution in [2.45, 2.75) is 18.9 Å². The van der Waals surface area contributed by atoms with E-state index < -0.39 is 0 Å². The Labute approximate surface area is 117 Å². The quantitative estimate of drug-likeness (QED) is 0.893. The first-order valence-electron chi connectivity index (χ1n) is 6.73. The second kappa shape index (κ2) is 5.88. The van der Waals surface area contributed by atoms with E-state index in [9.17, 15) is 5.11 Å². The molecule has 1 aliphatic rings. The smallest absolute Gasteiger partial charge is 0.129 e. The SMILES string of the molecule is Oc1ccc(CNc2cc(C3CCOC3)ncn2)cc1. The molecule has 1 aromatic heterocycles. The van der Waals surface area contributed by atoms with Crippen molar-refractivity contribution in [2.75, 3.05) is 18.5 Å². The van der Waals surface area contributed by atoms with E-state index in [0.717, 1.165) is 36.7 Å². The number of aromatic nitrogens is 2. The fourth-order valence-corrected chi connectivity index (χ4v) is 2.27. The Morgan fingerprint density at radius 2 is 2.10 bits per heavy atom. The highest BCUT2D eigenvalue weighted by Crippen LogP contribution is 2.24. The molecule has 1 saturated heterocycles. The molecule has 2 heterocycles. The molecule has 0 aliphatic carbocycles. The molecule has 0 bridgehead atoms. The summed E-state index contributed by atoms with van der Waals surface area (Å²) in [6.07, 6.45) is 2.61. The molecule has 0 radical (unpaired) electrons.